The summed E-state index contributed by atoms with van der Waals surface area (Å²) in [6, 6.07) is 1.37. The minimum Gasteiger partial charge on any atom is -0.497 e. The van der Waals surface area contributed by atoms with E-state index in [1.165, 1.54) is 19.4 Å². The highest BCUT2D eigenvalue weighted by atomic mass is 19.1. The fourth-order valence-corrected chi connectivity index (χ4v) is 3.04. The average molecular weight is 376 g/mol. The van der Waals surface area contributed by atoms with Gasteiger partial charge in [-0.3, -0.25) is 4.98 Å². The maximum atomic E-state index is 14.1. The van der Waals surface area contributed by atoms with Gasteiger partial charge in [0, 0.05) is 38.9 Å². The number of halogens is 2. The second-order valence-electron chi connectivity index (χ2n) is 6.26. The number of allylic oxidation sites excluding steroid dienone is 4. The molecule has 0 unspecified atom stereocenters. The van der Waals surface area contributed by atoms with Crippen LogP contribution in [0.3, 0.4) is 0 Å². The molecule has 0 aromatic carbocycles. The zero-order chi connectivity index (χ0) is 19.2. The van der Waals surface area contributed by atoms with Gasteiger partial charge in [0.2, 0.25) is 0 Å². The number of anilines is 1. The number of pyridine rings is 1. The first-order chi connectivity index (χ1) is 13.1. The van der Waals surface area contributed by atoms with Crippen LogP contribution >= 0.6 is 0 Å². The summed E-state index contributed by atoms with van der Waals surface area (Å²) < 4.78 is 33.0. The van der Waals surface area contributed by atoms with Crippen LogP contribution in [0, 0.1) is 5.82 Å². The molecular formula is C19H22F2N4O2. The minimum absolute atomic E-state index is 0.127. The van der Waals surface area contributed by atoms with Crippen LogP contribution in [0.15, 0.2) is 53.8 Å². The fraction of sp³-hybridized carbons (Fsp3) is 0.368. The number of carbonyl (C=O) groups excluding carboxylic acids is 1. The van der Waals surface area contributed by atoms with Crippen molar-refractivity contribution in [2.75, 3.05) is 44.7 Å². The Morgan fingerprint density at radius 1 is 1.26 bits per heavy atom. The quantitative estimate of drug-likeness (QED) is 0.878. The lowest BCUT2D eigenvalue weighted by Crippen LogP contribution is -2.52. The van der Waals surface area contributed by atoms with Gasteiger partial charge in [0.25, 0.3) is 0 Å². The average Bonchev–Trinajstić information content (AvgIpc) is 2.88. The Balaban J connectivity index is 1.51. The molecule has 3 rings (SSSR count). The van der Waals surface area contributed by atoms with E-state index in [-0.39, 0.29) is 24.2 Å². The number of carbonyl (C=O) groups is 1. The van der Waals surface area contributed by atoms with Crippen LogP contribution in [0.25, 0.3) is 0 Å². The van der Waals surface area contributed by atoms with Gasteiger partial charge < -0.3 is 19.9 Å². The van der Waals surface area contributed by atoms with Gasteiger partial charge in [-0.15, -0.1) is 0 Å². The molecule has 1 saturated heterocycles. The molecule has 2 heterocycles. The summed E-state index contributed by atoms with van der Waals surface area (Å²) in [7, 11) is 1.53. The largest absolute Gasteiger partial charge is 0.497 e. The number of rotatable bonds is 4. The van der Waals surface area contributed by atoms with Crippen LogP contribution in [0.1, 0.15) is 6.42 Å². The maximum Gasteiger partial charge on any atom is 0.317 e. The molecule has 0 radical (unpaired) electrons. The zero-order valence-electron chi connectivity index (χ0n) is 15.1. The normalized spacial score (nSPS) is 17.5. The highest BCUT2D eigenvalue weighted by molar-refractivity contribution is 5.75. The van der Waals surface area contributed by atoms with Crippen molar-refractivity contribution in [3.8, 4) is 0 Å². The molecular weight excluding hydrogens is 354 g/mol. The number of hydrogen-bond donors (Lipinski definition) is 1. The van der Waals surface area contributed by atoms with Gasteiger partial charge in [-0.05, 0) is 36.3 Å². The molecule has 0 atom stereocenters. The topological polar surface area (TPSA) is 57.7 Å². The first kappa shape index (κ1) is 18.9. The van der Waals surface area contributed by atoms with Crippen LogP contribution in [-0.2, 0) is 4.74 Å². The first-order valence-corrected chi connectivity index (χ1v) is 8.75. The van der Waals surface area contributed by atoms with Crippen molar-refractivity contribution in [3.63, 3.8) is 0 Å². The second kappa shape index (κ2) is 8.66. The molecule has 2 amide bonds. The number of nitrogens with zero attached hydrogens (tertiary/aromatic N) is 3. The van der Waals surface area contributed by atoms with Crippen LogP contribution in [0.5, 0.6) is 0 Å². The molecule has 2 aliphatic rings. The summed E-state index contributed by atoms with van der Waals surface area (Å²) in [5.74, 6) is -0.148. The molecule has 27 heavy (non-hydrogen) atoms. The molecule has 1 aliphatic carbocycles. The van der Waals surface area contributed by atoms with E-state index in [4.69, 9.17) is 4.74 Å². The molecule has 1 aliphatic heterocycles. The zero-order valence-corrected chi connectivity index (χ0v) is 15.1. The molecule has 0 bridgehead atoms. The lowest BCUT2D eigenvalue weighted by atomic mass is 10.1. The summed E-state index contributed by atoms with van der Waals surface area (Å²) in [4.78, 5) is 19.7. The van der Waals surface area contributed by atoms with E-state index < -0.39 is 0 Å². The standard InChI is InChI=1S/C19H22F2N4O2/c1-27-15-3-2-14(16(20)5-4-15)12-23-19(26)25-10-8-24(9-11-25)18-6-7-22-13-17(18)21/h3-7,13H,2,8-12H2,1H3,(H,23,26). The number of aromatic nitrogens is 1. The number of methoxy groups -OCH3 is 1. The molecule has 1 fully saturated rings. The number of nitrogens with one attached hydrogen (secondary N) is 1. The third-order valence-corrected chi connectivity index (χ3v) is 4.63. The summed E-state index contributed by atoms with van der Waals surface area (Å²) in [5.41, 5.74) is 0.979. The van der Waals surface area contributed by atoms with Crippen molar-refractivity contribution < 1.29 is 18.3 Å². The minimum atomic E-state index is -0.372. The Kier molecular flexibility index (Phi) is 6.05. The Morgan fingerprint density at radius 2 is 2.04 bits per heavy atom. The van der Waals surface area contributed by atoms with Gasteiger partial charge in [-0.1, -0.05) is 0 Å². The van der Waals surface area contributed by atoms with Crippen molar-refractivity contribution >= 4 is 11.7 Å². The van der Waals surface area contributed by atoms with E-state index in [9.17, 15) is 13.6 Å². The van der Waals surface area contributed by atoms with Gasteiger partial charge in [-0.25, -0.2) is 13.6 Å². The fourth-order valence-electron chi connectivity index (χ4n) is 3.04. The molecule has 1 aromatic rings. The highest BCUT2D eigenvalue weighted by Crippen LogP contribution is 2.20. The lowest BCUT2D eigenvalue weighted by Gasteiger charge is -2.36. The van der Waals surface area contributed by atoms with Gasteiger partial charge in [0.05, 0.1) is 19.0 Å². The van der Waals surface area contributed by atoms with Gasteiger partial charge >= 0.3 is 6.03 Å². The third-order valence-electron chi connectivity index (χ3n) is 4.63. The molecule has 1 aromatic heterocycles. The van der Waals surface area contributed by atoms with Crippen molar-refractivity contribution in [3.05, 3.63) is 59.7 Å². The van der Waals surface area contributed by atoms with Crippen LogP contribution in [0.4, 0.5) is 19.3 Å². The van der Waals surface area contributed by atoms with Crippen molar-refractivity contribution in [2.24, 2.45) is 0 Å². The van der Waals surface area contributed by atoms with E-state index in [1.54, 1.807) is 29.3 Å². The van der Waals surface area contributed by atoms with Crippen LogP contribution < -0.4 is 10.2 Å². The second-order valence-corrected chi connectivity index (χ2v) is 6.26. The van der Waals surface area contributed by atoms with Crippen molar-refractivity contribution in [2.45, 2.75) is 6.42 Å². The summed E-state index contributed by atoms with van der Waals surface area (Å²) >= 11 is 0. The van der Waals surface area contributed by atoms with E-state index in [0.717, 1.165) is 0 Å². The summed E-state index contributed by atoms with van der Waals surface area (Å²) in [5, 5.41) is 2.76. The van der Waals surface area contributed by atoms with Crippen molar-refractivity contribution in [1.29, 1.82) is 0 Å². The predicted octanol–water partition coefficient (Wildman–Crippen LogP) is 2.77. The van der Waals surface area contributed by atoms with Crippen molar-refractivity contribution in [1.82, 2.24) is 15.2 Å². The van der Waals surface area contributed by atoms with E-state index in [1.807, 2.05) is 4.90 Å². The number of amides is 2. The maximum absolute atomic E-state index is 14.1. The molecule has 1 N–H and O–H groups in total. The number of piperazine rings is 1. The Labute approximate surface area is 156 Å². The van der Waals surface area contributed by atoms with E-state index in [2.05, 4.69) is 10.3 Å². The van der Waals surface area contributed by atoms with Gasteiger partial charge in [-0.2, -0.15) is 0 Å². The summed E-state index contributed by atoms with van der Waals surface area (Å²) in [6.45, 7) is 2.09. The molecule has 8 heteroatoms. The molecule has 144 valence electrons. The van der Waals surface area contributed by atoms with Gasteiger partial charge in [0.1, 0.15) is 11.6 Å². The third kappa shape index (κ3) is 4.64. The number of urea groups is 1. The Hall–Kier alpha value is -2.90. The smallest absolute Gasteiger partial charge is 0.317 e. The SMILES string of the molecule is COC1=CCC(CNC(=O)N2CCN(c3ccncc3F)CC2)=C(F)C=C1. The Bertz CT molecular complexity index is 784. The Morgan fingerprint density at radius 3 is 2.74 bits per heavy atom. The van der Waals surface area contributed by atoms with Crippen LogP contribution in [-0.4, -0.2) is 55.7 Å². The summed E-state index contributed by atoms with van der Waals surface area (Å²) in [6.07, 6.45) is 7.77. The number of hydrogen-bond acceptors (Lipinski definition) is 4. The monoisotopic (exact) mass is 376 g/mol. The van der Waals surface area contributed by atoms with E-state index in [0.29, 0.717) is 49.6 Å². The molecule has 0 spiro atoms. The van der Waals surface area contributed by atoms with E-state index >= 15 is 0 Å². The lowest BCUT2D eigenvalue weighted by molar-refractivity contribution is 0.195. The number of ether oxygens (including phenoxy) is 1. The first-order valence-electron chi connectivity index (χ1n) is 8.75. The highest BCUT2D eigenvalue weighted by Gasteiger charge is 2.23. The van der Waals surface area contributed by atoms with Gasteiger partial charge in [0.15, 0.2) is 5.82 Å². The molecule has 6 nitrogen and oxygen atoms in total. The predicted molar refractivity (Wildman–Crippen MR) is 98.4 cm³/mol. The molecule has 0 saturated carbocycles. The van der Waals surface area contributed by atoms with Crippen LogP contribution in [0.2, 0.25) is 0 Å².